The molecule has 2 aromatic carbocycles. The summed E-state index contributed by atoms with van der Waals surface area (Å²) in [5.74, 6) is 1.71. The first-order chi connectivity index (χ1) is 16.9. The van der Waals surface area contributed by atoms with Gasteiger partial charge in [-0.1, -0.05) is 20.3 Å². The number of H-pyrrole nitrogens is 1. The quantitative estimate of drug-likeness (QED) is 0.332. The van der Waals surface area contributed by atoms with E-state index in [-0.39, 0.29) is 11.8 Å². The molecule has 0 bridgehead atoms. The van der Waals surface area contributed by atoms with Gasteiger partial charge in [-0.15, -0.1) is 0 Å². The Morgan fingerprint density at radius 3 is 2.06 bits per heavy atom. The maximum absolute atomic E-state index is 12.9. The first kappa shape index (κ1) is 26.1. The van der Waals surface area contributed by atoms with Crippen LogP contribution in [-0.2, 0) is 4.79 Å². The molecule has 1 amide bonds. The maximum Gasteiger partial charge on any atom is 0.243 e. The summed E-state index contributed by atoms with van der Waals surface area (Å²) < 4.78 is 21.8. The number of rotatable bonds is 11. The number of hydrogen-bond acceptors (Lipinski definition) is 8. The number of carbonyl (C=O) groups excluding carboxylic acids is 1. The van der Waals surface area contributed by atoms with Crippen molar-refractivity contribution in [2.75, 3.05) is 33.8 Å². The largest absolute Gasteiger partial charge is 0.495 e. The minimum atomic E-state index is -0.572. The van der Waals surface area contributed by atoms with Crippen molar-refractivity contribution in [1.82, 2.24) is 20.2 Å². The van der Waals surface area contributed by atoms with Gasteiger partial charge >= 0.3 is 0 Å². The van der Waals surface area contributed by atoms with E-state index in [0.717, 1.165) is 6.42 Å². The van der Waals surface area contributed by atoms with Crippen molar-refractivity contribution in [2.45, 2.75) is 26.3 Å². The molecule has 10 nitrogen and oxygen atoms in total. The summed E-state index contributed by atoms with van der Waals surface area (Å²) in [6.45, 7) is 3.95. The number of methoxy groups -OCH3 is 4. The van der Waals surface area contributed by atoms with Crippen LogP contribution in [-0.4, -0.2) is 55.8 Å². The van der Waals surface area contributed by atoms with Gasteiger partial charge in [0.05, 0.1) is 34.1 Å². The minimum absolute atomic E-state index is 0.0313. The summed E-state index contributed by atoms with van der Waals surface area (Å²) in [7, 11) is 6.17. The van der Waals surface area contributed by atoms with Crippen LogP contribution < -0.4 is 29.1 Å². The fourth-order valence-electron chi connectivity index (χ4n) is 3.67. The van der Waals surface area contributed by atoms with Gasteiger partial charge in [0.25, 0.3) is 0 Å². The van der Waals surface area contributed by atoms with Gasteiger partial charge in [-0.25, -0.2) is 4.84 Å². The Labute approximate surface area is 209 Å². The van der Waals surface area contributed by atoms with E-state index in [2.05, 4.69) is 25.6 Å². The predicted octanol–water partition coefficient (Wildman–Crippen LogP) is 4.27. The first-order valence-corrected chi connectivity index (χ1v) is 11.4. The molecule has 3 aromatic rings. The number of anilines is 1. The van der Waals surface area contributed by atoms with Gasteiger partial charge in [-0.05, 0) is 48.0 Å². The predicted molar refractivity (Wildman–Crippen MR) is 134 cm³/mol. The highest BCUT2D eigenvalue weighted by Crippen LogP contribution is 2.42. The standard InChI is InChI=1S/C24H30ClN5O5/c1-7-13(2)20(27-25)24(31)26-16-10-14(8-9-17(16)32-3)21-22(29-30-28-21)15-11-18(33-4)23(35-6)19(12-15)34-5/h8-13,20,27H,7H2,1-6H3,(H,26,31)(H,28,29,30). The monoisotopic (exact) mass is 503 g/mol. The number of amides is 1. The van der Waals surface area contributed by atoms with Crippen molar-refractivity contribution in [3.63, 3.8) is 0 Å². The molecule has 0 spiro atoms. The number of nitrogens with zero attached hydrogens (tertiary/aromatic N) is 2. The highest BCUT2D eigenvalue weighted by atomic mass is 35.5. The normalized spacial score (nSPS) is 12.5. The van der Waals surface area contributed by atoms with Gasteiger partial charge < -0.3 is 24.3 Å². The zero-order valence-electron chi connectivity index (χ0n) is 20.6. The van der Waals surface area contributed by atoms with Crippen LogP contribution in [0.1, 0.15) is 20.3 Å². The minimum Gasteiger partial charge on any atom is -0.495 e. The Kier molecular flexibility index (Phi) is 8.78. The molecule has 0 saturated heterocycles. The van der Waals surface area contributed by atoms with Crippen LogP contribution in [0.5, 0.6) is 23.0 Å². The van der Waals surface area contributed by atoms with Crippen molar-refractivity contribution in [1.29, 1.82) is 0 Å². The number of hydrogen-bond donors (Lipinski definition) is 3. The molecular formula is C24H30ClN5O5. The van der Waals surface area contributed by atoms with Crippen LogP contribution >= 0.6 is 11.8 Å². The molecule has 0 aliphatic rings. The molecule has 11 heteroatoms. The maximum atomic E-state index is 12.9. The van der Waals surface area contributed by atoms with Gasteiger partial charge in [0.15, 0.2) is 11.5 Å². The second-order valence-electron chi connectivity index (χ2n) is 7.81. The van der Waals surface area contributed by atoms with Gasteiger partial charge in [0.1, 0.15) is 23.2 Å². The van der Waals surface area contributed by atoms with E-state index in [0.29, 0.717) is 51.2 Å². The fourth-order valence-corrected chi connectivity index (χ4v) is 3.98. The van der Waals surface area contributed by atoms with Crippen molar-refractivity contribution >= 4 is 23.4 Å². The average molecular weight is 504 g/mol. The summed E-state index contributed by atoms with van der Waals surface area (Å²) in [5.41, 5.74) is 3.01. The second kappa shape index (κ2) is 11.8. The Balaban J connectivity index is 2.04. The lowest BCUT2D eigenvalue weighted by Gasteiger charge is -2.21. The lowest BCUT2D eigenvalue weighted by atomic mass is 9.99. The summed E-state index contributed by atoms with van der Waals surface area (Å²) >= 11 is 5.85. The van der Waals surface area contributed by atoms with Crippen LogP contribution in [0.25, 0.3) is 22.5 Å². The SMILES string of the molecule is CCC(C)C(NCl)C(=O)Nc1cc(-c2n[nH]nc2-c2cc(OC)c(OC)c(OC)c2)ccc1OC. The van der Waals surface area contributed by atoms with E-state index >= 15 is 0 Å². The number of ether oxygens (including phenoxy) is 4. The molecule has 188 valence electrons. The zero-order chi connectivity index (χ0) is 25.5. The summed E-state index contributed by atoms with van der Waals surface area (Å²) in [6, 6.07) is 8.37. The van der Waals surface area contributed by atoms with E-state index in [1.54, 1.807) is 45.6 Å². The van der Waals surface area contributed by atoms with Gasteiger partial charge in [-0.2, -0.15) is 15.4 Å². The molecule has 35 heavy (non-hydrogen) atoms. The van der Waals surface area contributed by atoms with E-state index in [9.17, 15) is 4.79 Å². The van der Waals surface area contributed by atoms with Crippen LogP contribution in [0.3, 0.4) is 0 Å². The first-order valence-electron chi connectivity index (χ1n) is 11.0. The van der Waals surface area contributed by atoms with Crippen LogP contribution in [0, 0.1) is 5.92 Å². The van der Waals surface area contributed by atoms with Crippen LogP contribution in [0.2, 0.25) is 0 Å². The van der Waals surface area contributed by atoms with Gasteiger partial charge in [0.2, 0.25) is 11.7 Å². The van der Waals surface area contributed by atoms with Crippen molar-refractivity contribution in [3.05, 3.63) is 30.3 Å². The van der Waals surface area contributed by atoms with E-state index in [1.165, 1.54) is 7.11 Å². The fraction of sp³-hybridized carbons (Fsp3) is 0.375. The number of halogens is 1. The second-order valence-corrected chi connectivity index (χ2v) is 8.03. The number of benzene rings is 2. The third-order valence-corrected chi connectivity index (χ3v) is 6.06. The zero-order valence-corrected chi connectivity index (χ0v) is 21.3. The lowest BCUT2D eigenvalue weighted by Crippen LogP contribution is -2.40. The molecular weight excluding hydrogens is 474 g/mol. The molecule has 2 atom stereocenters. The molecule has 1 heterocycles. The highest BCUT2D eigenvalue weighted by molar-refractivity contribution is 6.15. The molecule has 2 unspecified atom stereocenters. The highest BCUT2D eigenvalue weighted by Gasteiger charge is 2.25. The number of carbonyl (C=O) groups is 1. The molecule has 1 aromatic heterocycles. The lowest BCUT2D eigenvalue weighted by molar-refractivity contribution is -0.118. The van der Waals surface area contributed by atoms with E-state index in [1.807, 2.05) is 19.9 Å². The summed E-state index contributed by atoms with van der Waals surface area (Å²) in [4.78, 5) is 15.5. The van der Waals surface area contributed by atoms with Crippen LogP contribution in [0.4, 0.5) is 5.69 Å². The molecule has 0 aliphatic carbocycles. The van der Waals surface area contributed by atoms with Crippen molar-refractivity contribution in [2.24, 2.45) is 5.92 Å². The van der Waals surface area contributed by atoms with E-state index in [4.69, 9.17) is 30.7 Å². The van der Waals surface area contributed by atoms with Crippen molar-refractivity contribution in [3.8, 4) is 45.5 Å². The molecule has 0 fully saturated rings. The van der Waals surface area contributed by atoms with Gasteiger partial charge in [-0.3, -0.25) is 4.79 Å². The molecule has 0 aliphatic heterocycles. The Hall–Kier alpha value is -3.50. The number of nitrogens with one attached hydrogen (secondary N) is 3. The Bertz CT molecular complexity index is 1140. The average Bonchev–Trinajstić information content (AvgIpc) is 3.38. The third kappa shape index (κ3) is 5.44. The van der Waals surface area contributed by atoms with Gasteiger partial charge in [0, 0.05) is 11.1 Å². The molecule has 0 radical (unpaired) electrons. The number of aromatic nitrogens is 3. The Morgan fingerprint density at radius 2 is 1.54 bits per heavy atom. The van der Waals surface area contributed by atoms with Crippen LogP contribution in [0.15, 0.2) is 30.3 Å². The third-order valence-electron chi connectivity index (χ3n) is 5.83. The molecule has 3 N–H and O–H groups in total. The smallest absolute Gasteiger partial charge is 0.243 e. The van der Waals surface area contributed by atoms with E-state index < -0.39 is 6.04 Å². The summed E-state index contributed by atoms with van der Waals surface area (Å²) in [5, 5.41) is 14.3. The molecule has 3 rings (SSSR count). The van der Waals surface area contributed by atoms with Crippen molar-refractivity contribution < 1.29 is 23.7 Å². The summed E-state index contributed by atoms with van der Waals surface area (Å²) in [6.07, 6.45) is 0.784. The topological polar surface area (TPSA) is 120 Å². The Morgan fingerprint density at radius 1 is 0.943 bits per heavy atom. The molecule has 0 saturated carbocycles. The number of aromatic amines is 1.